The van der Waals surface area contributed by atoms with Crippen LogP contribution in [0, 0.1) is 27.7 Å². The summed E-state index contributed by atoms with van der Waals surface area (Å²) >= 11 is 0. The summed E-state index contributed by atoms with van der Waals surface area (Å²) in [6.07, 6.45) is 0. The standard InChI is InChI=1S/2C8H12N2.2C2H4O2.Zn/c2*1-5-3-7(9)8(10)4-6(5)2;2*1-2(3)4;/h2*3-4H,9-10H2,1-2H3;2*1H3,(H,3,4);/q;;;;+2/p-2. The SMILES string of the molecule is CC(=O)[O-].CC(=O)[O-].Cc1cc(N)c(N)cc1C.Cc1cc(N)c(N)cc1C.[Zn+2]. The van der Waals surface area contributed by atoms with E-state index in [-0.39, 0.29) is 19.5 Å². The number of carbonyl (C=O) groups excluding carboxylic acids is 2. The Balaban J connectivity index is -0.000000336. The van der Waals surface area contributed by atoms with Gasteiger partial charge in [-0.2, -0.15) is 0 Å². The maximum absolute atomic E-state index is 8.89. The molecule has 0 aliphatic carbocycles. The molecule has 9 heteroatoms. The second kappa shape index (κ2) is 15.2. The first-order valence-corrected chi connectivity index (χ1v) is 8.28. The van der Waals surface area contributed by atoms with Crippen molar-refractivity contribution in [3.05, 3.63) is 46.5 Å². The molecule has 0 fully saturated rings. The minimum atomic E-state index is -1.08. The summed E-state index contributed by atoms with van der Waals surface area (Å²) in [5.74, 6) is -2.17. The Morgan fingerprint density at radius 3 is 0.793 bits per heavy atom. The predicted octanol–water partition coefficient (Wildman–Crippen LogP) is 0.446. The molecule has 2 aromatic carbocycles. The zero-order valence-corrected chi connectivity index (χ0v) is 20.9. The molecule has 2 aromatic rings. The predicted molar refractivity (Wildman–Crippen MR) is 111 cm³/mol. The van der Waals surface area contributed by atoms with Gasteiger partial charge in [0.05, 0.1) is 22.7 Å². The van der Waals surface area contributed by atoms with Crippen LogP contribution in [0.15, 0.2) is 24.3 Å². The van der Waals surface area contributed by atoms with Crippen LogP contribution in [0.1, 0.15) is 36.1 Å². The van der Waals surface area contributed by atoms with E-state index in [1.54, 1.807) is 0 Å². The van der Waals surface area contributed by atoms with E-state index in [2.05, 4.69) is 0 Å². The van der Waals surface area contributed by atoms with E-state index in [4.69, 9.17) is 42.7 Å². The van der Waals surface area contributed by atoms with Crippen LogP contribution < -0.4 is 33.1 Å². The number of aryl methyl sites for hydroxylation is 4. The van der Waals surface area contributed by atoms with Gasteiger partial charge in [0.1, 0.15) is 0 Å². The van der Waals surface area contributed by atoms with E-state index in [1.807, 2.05) is 52.0 Å². The minimum absolute atomic E-state index is 0. The molecule has 0 aliphatic rings. The fourth-order valence-corrected chi connectivity index (χ4v) is 1.72. The Morgan fingerprint density at radius 1 is 0.586 bits per heavy atom. The van der Waals surface area contributed by atoms with Crippen molar-refractivity contribution in [2.75, 3.05) is 22.9 Å². The fraction of sp³-hybridized carbons (Fsp3) is 0.300. The van der Waals surface area contributed by atoms with Gasteiger partial charge >= 0.3 is 19.5 Å². The Kier molecular flexibility index (Phi) is 16.2. The summed E-state index contributed by atoms with van der Waals surface area (Å²) in [4.78, 5) is 17.8. The molecular formula is C20H30N4O4Zn. The molecule has 0 unspecified atom stereocenters. The number of aliphatic carboxylic acids is 2. The molecule has 0 amide bonds. The van der Waals surface area contributed by atoms with Gasteiger partial charge in [0.2, 0.25) is 0 Å². The van der Waals surface area contributed by atoms with Crippen LogP contribution in [-0.2, 0) is 29.1 Å². The number of hydrogen-bond donors (Lipinski definition) is 4. The molecule has 8 nitrogen and oxygen atoms in total. The smallest absolute Gasteiger partial charge is 0.550 e. The van der Waals surface area contributed by atoms with E-state index >= 15 is 0 Å². The van der Waals surface area contributed by atoms with E-state index in [1.165, 1.54) is 22.3 Å². The first-order valence-electron chi connectivity index (χ1n) is 8.28. The van der Waals surface area contributed by atoms with Crippen molar-refractivity contribution >= 4 is 34.7 Å². The molecule has 0 radical (unpaired) electrons. The van der Waals surface area contributed by atoms with Crippen LogP contribution in [0.2, 0.25) is 0 Å². The van der Waals surface area contributed by atoms with Crippen LogP contribution in [0.5, 0.6) is 0 Å². The Labute approximate surface area is 185 Å². The Hall–Kier alpha value is -2.80. The Bertz CT molecular complexity index is 636. The number of carboxylic acids is 2. The maximum Gasteiger partial charge on any atom is 2.00 e. The molecule has 0 spiro atoms. The van der Waals surface area contributed by atoms with Crippen LogP contribution in [0.3, 0.4) is 0 Å². The summed E-state index contributed by atoms with van der Waals surface area (Å²) in [6, 6.07) is 7.57. The van der Waals surface area contributed by atoms with E-state index < -0.39 is 11.9 Å². The van der Waals surface area contributed by atoms with Crippen LogP contribution >= 0.6 is 0 Å². The van der Waals surface area contributed by atoms with E-state index in [0.717, 1.165) is 13.8 Å². The van der Waals surface area contributed by atoms with Gasteiger partial charge in [-0.25, -0.2) is 0 Å². The largest absolute Gasteiger partial charge is 2.00 e. The average molecular weight is 456 g/mol. The number of hydrogen-bond acceptors (Lipinski definition) is 8. The first-order chi connectivity index (χ1) is 12.7. The van der Waals surface area contributed by atoms with Gasteiger partial charge < -0.3 is 42.7 Å². The van der Waals surface area contributed by atoms with Crippen molar-refractivity contribution in [1.82, 2.24) is 0 Å². The molecule has 0 heterocycles. The molecule has 0 saturated heterocycles. The summed E-state index contributed by atoms with van der Waals surface area (Å²) < 4.78 is 0. The Morgan fingerprint density at radius 2 is 0.690 bits per heavy atom. The third-order valence-corrected chi connectivity index (χ3v) is 3.40. The van der Waals surface area contributed by atoms with Crippen LogP contribution in [0.4, 0.5) is 22.7 Å². The van der Waals surface area contributed by atoms with Gasteiger partial charge in [-0.1, -0.05) is 0 Å². The molecule has 2 rings (SSSR count). The van der Waals surface area contributed by atoms with Crippen molar-refractivity contribution in [2.45, 2.75) is 41.5 Å². The summed E-state index contributed by atoms with van der Waals surface area (Å²) in [6.45, 7) is 10.0. The third kappa shape index (κ3) is 15.9. The van der Waals surface area contributed by atoms with E-state index in [9.17, 15) is 0 Å². The van der Waals surface area contributed by atoms with Crippen molar-refractivity contribution in [1.29, 1.82) is 0 Å². The molecule has 156 valence electrons. The van der Waals surface area contributed by atoms with Crippen LogP contribution in [0.25, 0.3) is 0 Å². The number of rotatable bonds is 0. The number of benzene rings is 2. The second-order valence-corrected chi connectivity index (χ2v) is 6.11. The van der Waals surface area contributed by atoms with Gasteiger partial charge in [-0.15, -0.1) is 0 Å². The number of nitrogen functional groups attached to an aromatic ring is 4. The molecule has 29 heavy (non-hydrogen) atoms. The fourth-order valence-electron chi connectivity index (χ4n) is 1.72. The molecule has 0 aliphatic heterocycles. The number of nitrogens with two attached hydrogens (primary N) is 4. The monoisotopic (exact) mass is 454 g/mol. The molecule has 0 saturated carbocycles. The van der Waals surface area contributed by atoms with E-state index in [0.29, 0.717) is 22.7 Å². The molecule has 0 atom stereocenters. The molecule has 0 bridgehead atoms. The van der Waals surface area contributed by atoms with Gasteiger partial charge in [0.15, 0.2) is 0 Å². The third-order valence-electron chi connectivity index (χ3n) is 3.40. The second-order valence-electron chi connectivity index (χ2n) is 6.11. The normalized spacial score (nSPS) is 8.48. The van der Waals surface area contributed by atoms with Gasteiger partial charge in [-0.3, -0.25) is 0 Å². The van der Waals surface area contributed by atoms with Crippen molar-refractivity contribution in [2.24, 2.45) is 0 Å². The van der Waals surface area contributed by atoms with Crippen molar-refractivity contribution < 1.29 is 39.3 Å². The zero-order chi connectivity index (χ0) is 22.6. The maximum atomic E-state index is 8.89. The first kappa shape index (κ1) is 30.9. The molecule has 8 N–H and O–H groups in total. The van der Waals surface area contributed by atoms with Gasteiger partial charge in [-0.05, 0) is 88.1 Å². The number of carboxylic acid groups (broad SMARTS) is 2. The average Bonchev–Trinajstić information content (AvgIpc) is 2.51. The summed E-state index contributed by atoms with van der Waals surface area (Å²) in [7, 11) is 0. The zero-order valence-electron chi connectivity index (χ0n) is 18.0. The number of carbonyl (C=O) groups is 2. The minimum Gasteiger partial charge on any atom is -0.550 e. The molecule has 0 aromatic heterocycles. The van der Waals surface area contributed by atoms with Crippen molar-refractivity contribution in [3.63, 3.8) is 0 Å². The van der Waals surface area contributed by atoms with Crippen molar-refractivity contribution in [3.8, 4) is 0 Å². The quantitative estimate of drug-likeness (QED) is 0.325. The topological polar surface area (TPSA) is 184 Å². The number of anilines is 4. The summed E-state index contributed by atoms with van der Waals surface area (Å²) in [5.41, 5.74) is 29.7. The summed E-state index contributed by atoms with van der Waals surface area (Å²) in [5, 5.41) is 17.8. The molecular weight excluding hydrogens is 426 g/mol. The van der Waals surface area contributed by atoms with Crippen LogP contribution in [-0.4, -0.2) is 11.9 Å². The van der Waals surface area contributed by atoms with Gasteiger partial charge in [0.25, 0.3) is 0 Å². The van der Waals surface area contributed by atoms with Gasteiger partial charge in [0, 0.05) is 11.9 Å².